The summed E-state index contributed by atoms with van der Waals surface area (Å²) in [5, 5.41) is 6.03. The van der Waals surface area contributed by atoms with E-state index in [0.717, 1.165) is 12.6 Å². The van der Waals surface area contributed by atoms with Crippen LogP contribution in [0.4, 0.5) is 26.1 Å². The first-order valence-corrected chi connectivity index (χ1v) is 6.75. The Morgan fingerprint density at radius 1 is 1.10 bits per heavy atom. The van der Waals surface area contributed by atoms with E-state index in [2.05, 4.69) is 34.4 Å². The van der Waals surface area contributed by atoms with E-state index >= 15 is 0 Å². The third-order valence-electron chi connectivity index (χ3n) is 2.72. The van der Waals surface area contributed by atoms with Crippen LogP contribution in [0.3, 0.4) is 0 Å². The summed E-state index contributed by atoms with van der Waals surface area (Å²) in [6.07, 6.45) is 0. The lowest BCUT2D eigenvalue weighted by Crippen LogP contribution is -2.10. The zero-order valence-electron chi connectivity index (χ0n) is 12.2. The maximum absolute atomic E-state index is 13.6. The SMILES string of the molecule is Cc1nc(NCC(C)C)cc(Nc2ccc(F)cc2F)n1. The Kier molecular flexibility index (Phi) is 4.67. The quantitative estimate of drug-likeness (QED) is 0.878. The van der Waals surface area contributed by atoms with Gasteiger partial charge in [0.1, 0.15) is 29.1 Å². The number of hydrogen-bond donors (Lipinski definition) is 2. The zero-order chi connectivity index (χ0) is 15.4. The molecule has 2 N–H and O–H groups in total. The molecule has 0 unspecified atom stereocenters. The Hall–Kier alpha value is -2.24. The summed E-state index contributed by atoms with van der Waals surface area (Å²) in [4.78, 5) is 8.47. The van der Waals surface area contributed by atoms with Gasteiger partial charge >= 0.3 is 0 Å². The van der Waals surface area contributed by atoms with Gasteiger partial charge < -0.3 is 10.6 Å². The van der Waals surface area contributed by atoms with E-state index in [9.17, 15) is 8.78 Å². The van der Waals surface area contributed by atoms with Crippen molar-refractivity contribution in [3.63, 3.8) is 0 Å². The summed E-state index contributed by atoms with van der Waals surface area (Å²) in [5.74, 6) is 0.889. The van der Waals surface area contributed by atoms with Crippen molar-refractivity contribution in [2.75, 3.05) is 17.2 Å². The highest BCUT2D eigenvalue weighted by molar-refractivity contribution is 5.59. The molecule has 0 bridgehead atoms. The minimum absolute atomic E-state index is 0.171. The summed E-state index contributed by atoms with van der Waals surface area (Å²) in [5.41, 5.74) is 0.171. The summed E-state index contributed by atoms with van der Waals surface area (Å²) >= 11 is 0. The van der Waals surface area contributed by atoms with Crippen molar-refractivity contribution in [2.24, 2.45) is 5.92 Å². The number of rotatable bonds is 5. The van der Waals surface area contributed by atoms with Gasteiger partial charge in [-0.3, -0.25) is 0 Å². The zero-order valence-corrected chi connectivity index (χ0v) is 12.2. The standard InChI is InChI=1S/C15H18F2N4/c1-9(2)8-18-14-7-15(20-10(3)19-14)21-13-5-4-11(16)6-12(13)17/h4-7,9H,8H2,1-3H3,(H2,18,19,20,21). The molecule has 1 heterocycles. The van der Waals surface area contributed by atoms with E-state index in [-0.39, 0.29) is 5.69 Å². The molecule has 112 valence electrons. The fourth-order valence-electron chi connectivity index (χ4n) is 1.76. The molecule has 0 fully saturated rings. The largest absolute Gasteiger partial charge is 0.370 e. The van der Waals surface area contributed by atoms with Crippen molar-refractivity contribution in [1.29, 1.82) is 0 Å². The van der Waals surface area contributed by atoms with Gasteiger partial charge in [-0.05, 0) is 25.0 Å². The minimum atomic E-state index is -0.664. The van der Waals surface area contributed by atoms with Gasteiger partial charge in [0, 0.05) is 18.7 Å². The molecule has 0 atom stereocenters. The van der Waals surface area contributed by atoms with Gasteiger partial charge in [-0.25, -0.2) is 18.7 Å². The average molecular weight is 292 g/mol. The Morgan fingerprint density at radius 2 is 1.81 bits per heavy atom. The molecule has 0 aliphatic heterocycles. The first-order chi connectivity index (χ1) is 9.94. The average Bonchev–Trinajstić information content (AvgIpc) is 2.39. The monoisotopic (exact) mass is 292 g/mol. The van der Waals surface area contributed by atoms with Gasteiger partial charge in [-0.15, -0.1) is 0 Å². The molecule has 21 heavy (non-hydrogen) atoms. The molecule has 0 radical (unpaired) electrons. The number of anilines is 3. The van der Waals surface area contributed by atoms with Crippen molar-refractivity contribution in [3.8, 4) is 0 Å². The van der Waals surface area contributed by atoms with E-state index < -0.39 is 11.6 Å². The van der Waals surface area contributed by atoms with E-state index in [0.29, 0.717) is 23.4 Å². The number of benzene rings is 1. The molecule has 0 amide bonds. The second kappa shape index (κ2) is 6.47. The Morgan fingerprint density at radius 3 is 2.48 bits per heavy atom. The Bertz CT molecular complexity index is 629. The fourth-order valence-corrected chi connectivity index (χ4v) is 1.76. The summed E-state index contributed by atoms with van der Waals surface area (Å²) in [6.45, 7) is 6.72. The molecule has 1 aromatic heterocycles. The summed E-state index contributed by atoms with van der Waals surface area (Å²) < 4.78 is 26.5. The Balaban J connectivity index is 2.19. The van der Waals surface area contributed by atoms with Crippen molar-refractivity contribution < 1.29 is 8.78 Å². The van der Waals surface area contributed by atoms with Crippen LogP contribution < -0.4 is 10.6 Å². The summed E-state index contributed by atoms with van der Waals surface area (Å²) in [7, 11) is 0. The van der Waals surface area contributed by atoms with E-state index in [4.69, 9.17) is 0 Å². The second-order valence-electron chi connectivity index (χ2n) is 5.21. The van der Waals surface area contributed by atoms with Crippen LogP contribution in [-0.2, 0) is 0 Å². The first-order valence-electron chi connectivity index (χ1n) is 6.75. The predicted octanol–water partition coefficient (Wildman–Crippen LogP) is 3.87. The van der Waals surface area contributed by atoms with Gasteiger partial charge in [0.2, 0.25) is 0 Å². The highest BCUT2D eigenvalue weighted by Gasteiger charge is 2.07. The van der Waals surface area contributed by atoms with Crippen molar-refractivity contribution in [3.05, 3.63) is 41.7 Å². The summed E-state index contributed by atoms with van der Waals surface area (Å²) in [6, 6.07) is 5.05. The smallest absolute Gasteiger partial charge is 0.149 e. The van der Waals surface area contributed by atoms with Crippen LogP contribution in [0.1, 0.15) is 19.7 Å². The lowest BCUT2D eigenvalue weighted by Gasteiger charge is -2.12. The van der Waals surface area contributed by atoms with Crippen molar-refractivity contribution >= 4 is 17.3 Å². The molecule has 2 rings (SSSR count). The Labute approximate surface area is 122 Å². The van der Waals surface area contributed by atoms with Crippen LogP contribution >= 0.6 is 0 Å². The number of aryl methyl sites for hydroxylation is 1. The molecule has 2 aromatic rings. The minimum Gasteiger partial charge on any atom is -0.370 e. The molecule has 0 aliphatic rings. The molecule has 4 nitrogen and oxygen atoms in total. The van der Waals surface area contributed by atoms with Crippen molar-refractivity contribution in [1.82, 2.24) is 9.97 Å². The number of nitrogens with one attached hydrogen (secondary N) is 2. The van der Waals surface area contributed by atoms with Gasteiger partial charge in [0.15, 0.2) is 0 Å². The molecule has 6 heteroatoms. The maximum Gasteiger partial charge on any atom is 0.149 e. The second-order valence-corrected chi connectivity index (χ2v) is 5.21. The lowest BCUT2D eigenvalue weighted by atomic mass is 10.2. The molecule has 1 aromatic carbocycles. The van der Waals surface area contributed by atoms with Crippen LogP contribution in [0.5, 0.6) is 0 Å². The number of hydrogen-bond acceptors (Lipinski definition) is 4. The number of halogens is 2. The topological polar surface area (TPSA) is 49.8 Å². The third kappa shape index (κ3) is 4.37. The van der Waals surface area contributed by atoms with E-state index in [1.54, 1.807) is 13.0 Å². The molecule has 0 saturated heterocycles. The van der Waals surface area contributed by atoms with E-state index in [1.807, 2.05) is 0 Å². The molecular weight excluding hydrogens is 274 g/mol. The number of aromatic nitrogens is 2. The van der Waals surface area contributed by atoms with Gasteiger partial charge in [-0.2, -0.15) is 0 Å². The molecule has 0 aliphatic carbocycles. The van der Waals surface area contributed by atoms with Gasteiger partial charge in [0.05, 0.1) is 5.69 Å². The molecular formula is C15H18F2N4. The first kappa shape index (κ1) is 15.2. The van der Waals surface area contributed by atoms with Crippen LogP contribution in [-0.4, -0.2) is 16.5 Å². The fraction of sp³-hybridized carbons (Fsp3) is 0.333. The highest BCUT2D eigenvalue weighted by Crippen LogP contribution is 2.21. The van der Waals surface area contributed by atoms with Gasteiger partial charge in [-0.1, -0.05) is 13.8 Å². The van der Waals surface area contributed by atoms with E-state index in [1.165, 1.54) is 12.1 Å². The van der Waals surface area contributed by atoms with Crippen LogP contribution in [0.15, 0.2) is 24.3 Å². The van der Waals surface area contributed by atoms with Crippen LogP contribution in [0.2, 0.25) is 0 Å². The lowest BCUT2D eigenvalue weighted by molar-refractivity contribution is 0.586. The highest BCUT2D eigenvalue weighted by atomic mass is 19.1. The third-order valence-corrected chi connectivity index (χ3v) is 2.72. The van der Waals surface area contributed by atoms with Crippen LogP contribution in [0, 0.1) is 24.5 Å². The van der Waals surface area contributed by atoms with Crippen LogP contribution in [0.25, 0.3) is 0 Å². The predicted molar refractivity (Wildman–Crippen MR) is 79.7 cm³/mol. The number of nitrogens with zero attached hydrogens (tertiary/aromatic N) is 2. The maximum atomic E-state index is 13.6. The molecule has 0 spiro atoms. The molecule has 0 saturated carbocycles. The normalized spacial score (nSPS) is 10.8. The van der Waals surface area contributed by atoms with Crippen molar-refractivity contribution in [2.45, 2.75) is 20.8 Å². The van der Waals surface area contributed by atoms with Gasteiger partial charge in [0.25, 0.3) is 0 Å².